The number of aromatic amines is 1. The fraction of sp³-hybridized carbons (Fsp3) is 0.250. The van der Waals surface area contributed by atoms with E-state index in [2.05, 4.69) is 10.3 Å². The lowest BCUT2D eigenvalue weighted by molar-refractivity contribution is -0.122. The van der Waals surface area contributed by atoms with Crippen molar-refractivity contribution in [2.24, 2.45) is 5.92 Å². The number of nitrogens with one attached hydrogen (secondary N) is 2. The third-order valence-electron chi connectivity index (χ3n) is 4.85. The number of fused-ring (bicyclic) bond motifs is 1. The van der Waals surface area contributed by atoms with Crippen LogP contribution in [0.15, 0.2) is 51.7 Å². The van der Waals surface area contributed by atoms with Gasteiger partial charge >= 0.3 is 5.76 Å². The first-order valence-corrected chi connectivity index (χ1v) is 8.87. The molecule has 3 aromatic rings. The number of hydrogen-bond acceptors (Lipinski definition) is 4. The smallest absolute Gasteiger partial charge is 0.408 e. The number of nitrogens with zero attached hydrogens (tertiary/aromatic N) is 1. The SMILES string of the molecule is CCc1ccccc1N1CC(C(=O)Nc2ccc3oc(=O)[nH]c3c2)CC1=O. The zero-order valence-electron chi connectivity index (χ0n) is 14.8. The van der Waals surface area contributed by atoms with Crippen molar-refractivity contribution in [3.05, 3.63) is 58.6 Å². The lowest BCUT2D eigenvalue weighted by Gasteiger charge is -2.20. The highest BCUT2D eigenvalue weighted by Gasteiger charge is 2.35. The van der Waals surface area contributed by atoms with Gasteiger partial charge in [0.1, 0.15) is 0 Å². The number of para-hydroxylation sites is 1. The summed E-state index contributed by atoms with van der Waals surface area (Å²) in [5.41, 5.74) is 3.44. The molecule has 0 bridgehead atoms. The van der Waals surface area contributed by atoms with Gasteiger partial charge in [-0.25, -0.2) is 4.79 Å². The molecule has 0 spiro atoms. The number of hydrogen-bond donors (Lipinski definition) is 2. The van der Waals surface area contributed by atoms with E-state index in [4.69, 9.17) is 4.42 Å². The predicted octanol–water partition coefficient (Wildman–Crippen LogP) is 2.68. The summed E-state index contributed by atoms with van der Waals surface area (Å²) in [6, 6.07) is 12.7. The highest BCUT2D eigenvalue weighted by molar-refractivity contribution is 6.04. The van der Waals surface area contributed by atoms with Crippen LogP contribution in [0.4, 0.5) is 11.4 Å². The van der Waals surface area contributed by atoms with Crippen molar-refractivity contribution in [1.82, 2.24) is 4.98 Å². The number of aryl methyl sites for hydroxylation is 1. The number of carbonyl (C=O) groups excluding carboxylic acids is 2. The molecule has 1 aliphatic heterocycles. The third-order valence-corrected chi connectivity index (χ3v) is 4.85. The van der Waals surface area contributed by atoms with Crippen LogP contribution in [0.2, 0.25) is 0 Å². The molecule has 27 heavy (non-hydrogen) atoms. The Hall–Kier alpha value is -3.35. The molecule has 4 rings (SSSR count). The van der Waals surface area contributed by atoms with Crippen LogP contribution in [0.25, 0.3) is 11.1 Å². The molecule has 2 aromatic carbocycles. The first-order valence-electron chi connectivity index (χ1n) is 8.87. The predicted molar refractivity (Wildman–Crippen MR) is 102 cm³/mol. The molecule has 138 valence electrons. The first-order chi connectivity index (χ1) is 13.0. The number of rotatable bonds is 4. The van der Waals surface area contributed by atoms with Crippen molar-refractivity contribution >= 4 is 34.3 Å². The van der Waals surface area contributed by atoms with Gasteiger partial charge in [-0.15, -0.1) is 0 Å². The Bertz CT molecular complexity index is 1080. The van der Waals surface area contributed by atoms with Gasteiger partial charge in [-0.3, -0.25) is 14.6 Å². The zero-order chi connectivity index (χ0) is 19.0. The monoisotopic (exact) mass is 365 g/mol. The van der Waals surface area contributed by atoms with E-state index in [0.29, 0.717) is 23.3 Å². The van der Waals surface area contributed by atoms with Gasteiger partial charge in [0.05, 0.1) is 11.4 Å². The maximum Gasteiger partial charge on any atom is 0.417 e. The number of oxazole rings is 1. The maximum absolute atomic E-state index is 12.6. The van der Waals surface area contributed by atoms with Crippen molar-refractivity contribution in [3.63, 3.8) is 0 Å². The highest BCUT2D eigenvalue weighted by Crippen LogP contribution is 2.29. The molecule has 1 atom stereocenters. The molecule has 0 aliphatic carbocycles. The van der Waals surface area contributed by atoms with Crippen LogP contribution in [-0.4, -0.2) is 23.3 Å². The van der Waals surface area contributed by atoms with Gasteiger partial charge in [0.15, 0.2) is 5.58 Å². The molecule has 1 aromatic heterocycles. The molecule has 7 heteroatoms. The van der Waals surface area contributed by atoms with E-state index in [1.54, 1.807) is 23.1 Å². The lowest BCUT2D eigenvalue weighted by atomic mass is 10.1. The van der Waals surface area contributed by atoms with Crippen molar-refractivity contribution in [2.45, 2.75) is 19.8 Å². The summed E-state index contributed by atoms with van der Waals surface area (Å²) in [6.45, 7) is 2.40. The minimum Gasteiger partial charge on any atom is -0.408 e. The second-order valence-electron chi connectivity index (χ2n) is 6.60. The van der Waals surface area contributed by atoms with Gasteiger partial charge < -0.3 is 14.6 Å². The van der Waals surface area contributed by atoms with Crippen LogP contribution >= 0.6 is 0 Å². The van der Waals surface area contributed by atoms with Crippen LogP contribution < -0.4 is 16.0 Å². The normalized spacial score (nSPS) is 16.9. The Morgan fingerprint density at radius 1 is 1.26 bits per heavy atom. The molecule has 2 N–H and O–H groups in total. The average molecular weight is 365 g/mol. The Labute approximate surface area is 155 Å². The van der Waals surface area contributed by atoms with Crippen LogP contribution in [-0.2, 0) is 16.0 Å². The van der Waals surface area contributed by atoms with Crippen molar-refractivity contribution < 1.29 is 14.0 Å². The van der Waals surface area contributed by atoms with Gasteiger partial charge in [-0.1, -0.05) is 25.1 Å². The van der Waals surface area contributed by atoms with Gasteiger partial charge in [0.2, 0.25) is 11.8 Å². The van der Waals surface area contributed by atoms with E-state index in [0.717, 1.165) is 17.7 Å². The number of aromatic nitrogens is 1. The molecule has 7 nitrogen and oxygen atoms in total. The summed E-state index contributed by atoms with van der Waals surface area (Å²) in [7, 11) is 0. The molecule has 1 fully saturated rings. The second kappa shape index (κ2) is 6.75. The summed E-state index contributed by atoms with van der Waals surface area (Å²) in [6.07, 6.45) is 0.994. The standard InChI is InChI=1S/C20H19N3O4/c1-2-12-5-3-4-6-16(12)23-11-13(9-18(23)24)19(25)21-14-7-8-17-15(10-14)22-20(26)27-17/h3-8,10,13H,2,9,11H2,1H3,(H,21,25)(H,22,26). The topological polar surface area (TPSA) is 95.4 Å². The zero-order valence-corrected chi connectivity index (χ0v) is 14.8. The van der Waals surface area contributed by atoms with Crippen molar-refractivity contribution in [3.8, 4) is 0 Å². The number of anilines is 2. The van der Waals surface area contributed by atoms with E-state index in [1.165, 1.54) is 0 Å². The van der Waals surface area contributed by atoms with Crippen LogP contribution in [0.5, 0.6) is 0 Å². The van der Waals surface area contributed by atoms with E-state index in [1.807, 2.05) is 31.2 Å². The van der Waals surface area contributed by atoms with E-state index < -0.39 is 11.7 Å². The Balaban J connectivity index is 1.50. The molecule has 1 aliphatic rings. The Morgan fingerprint density at radius 2 is 2.07 bits per heavy atom. The summed E-state index contributed by atoms with van der Waals surface area (Å²) in [4.78, 5) is 40.6. The summed E-state index contributed by atoms with van der Waals surface area (Å²) < 4.78 is 4.95. The maximum atomic E-state index is 12.6. The highest BCUT2D eigenvalue weighted by atomic mass is 16.4. The van der Waals surface area contributed by atoms with Gasteiger partial charge in [-0.2, -0.15) is 0 Å². The first kappa shape index (κ1) is 17.1. The van der Waals surface area contributed by atoms with E-state index in [9.17, 15) is 14.4 Å². The molecule has 1 saturated heterocycles. The fourth-order valence-corrected chi connectivity index (χ4v) is 3.46. The summed E-state index contributed by atoms with van der Waals surface area (Å²) in [5.74, 6) is -1.24. The van der Waals surface area contributed by atoms with Crippen LogP contribution in [0.1, 0.15) is 18.9 Å². The molecule has 0 radical (unpaired) electrons. The Kier molecular flexibility index (Phi) is 4.27. The molecule has 2 amide bonds. The van der Waals surface area contributed by atoms with Crippen LogP contribution in [0, 0.1) is 5.92 Å². The summed E-state index contributed by atoms with van der Waals surface area (Å²) >= 11 is 0. The van der Waals surface area contributed by atoms with E-state index in [-0.39, 0.29) is 18.2 Å². The number of amides is 2. The van der Waals surface area contributed by atoms with Crippen LogP contribution in [0.3, 0.4) is 0 Å². The van der Waals surface area contributed by atoms with Crippen molar-refractivity contribution in [1.29, 1.82) is 0 Å². The molecular weight excluding hydrogens is 346 g/mol. The largest absolute Gasteiger partial charge is 0.417 e. The van der Waals surface area contributed by atoms with Gasteiger partial charge in [-0.05, 0) is 36.2 Å². The molecular formula is C20H19N3O4. The fourth-order valence-electron chi connectivity index (χ4n) is 3.46. The molecule has 0 saturated carbocycles. The minimum absolute atomic E-state index is 0.0503. The van der Waals surface area contributed by atoms with E-state index >= 15 is 0 Å². The average Bonchev–Trinajstić information content (AvgIpc) is 3.23. The van der Waals surface area contributed by atoms with Gasteiger partial charge in [0, 0.05) is 24.3 Å². The number of carbonyl (C=O) groups is 2. The quantitative estimate of drug-likeness (QED) is 0.743. The Morgan fingerprint density at radius 3 is 2.89 bits per heavy atom. The lowest BCUT2D eigenvalue weighted by Crippen LogP contribution is -2.28. The van der Waals surface area contributed by atoms with Crippen molar-refractivity contribution in [2.75, 3.05) is 16.8 Å². The van der Waals surface area contributed by atoms with Gasteiger partial charge in [0.25, 0.3) is 0 Å². The molecule has 1 unspecified atom stereocenters. The summed E-state index contributed by atoms with van der Waals surface area (Å²) in [5, 5.41) is 2.82. The minimum atomic E-state index is -0.542. The molecule has 2 heterocycles. The third kappa shape index (κ3) is 3.23. The second-order valence-corrected chi connectivity index (χ2v) is 6.60. The number of benzene rings is 2. The number of H-pyrrole nitrogens is 1.